The summed E-state index contributed by atoms with van der Waals surface area (Å²) in [4.78, 5) is 10.9. The number of nitrogens with zero attached hydrogens (tertiary/aromatic N) is 1. The third kappa shape index (κ3) is 3.75. The van der Waals surface area contributed by atoms with Crippen molar-refractivity contribution in [1.29, 1.82) is 0 Å². The number of aliphatic hydroxyl groups is 1. The number of amides is 1. The van der Waals surface area contributed by atoms with Gasteiger partial charge in [0, 0.05) is 13.1 Å². The smallest absolute Gasteiger partial charge is 0.260 e. The Morgan fingerprint density at radius 2 is 2.45 bits per heavy atom. The van der Waals surface area contributed by atoms with Crippen molar-refractivity contribution in [2.24, 2.45) is 0 Å². The normalized spacial score (nSPS) is 9.27. The fourth-order valence-corrected chi connectivity index (χ4v) is 0.641. The number of rotatable bonds is 5. The summed E-state index contributed by atoms with van der Waals surface area (Å²) in [5, 5.41) is 9.83. The number of hydrogen-bond acceptors (Lipinski definition) is 3. The number of hydrazine groups is 1. The molecule has 0 heterocycles. The molecule has 1 amide bonds. The molecule has 2 N–H and O–H groups in total. The standard InChI is InChI=1S/C7H14N2O2/c1-3-7(11)9(4-2)8-5-6-10/h3,8,10H,1,4-6H2,2H3. The van der Waals surface area contributed by atoms with Crippen molar-refractivity contribution < 1.29 is 9.90 Å². The van der Waals surface area contributed by atoms with E-state index in [0.717, 1.165) is 0 Å². The van der Waals surface area contributed by atoms with E-state index in [1.807, 2.05) is 6.92 Å². The first kappa shape index (κ1) is 10.1. The van der Waals surface area contributed by atoms with Crippen molar-refractivity contribution >= 4 is 5.91 Å². The first-order chi connectivity index (χ1) is 5.26. The summed E-state index contributed by atoms with van der Waals surface area (Å²) in [6, 6.07) is 0. The summed E-state index contributed by atoms with van der Waals surface area (Å²) in [6.07, 6.45) is 1.23. The molecule has 0 saturated carbocycles. The van der Waals surface area contributed by atoms with Crippen LogP contribution >= 0.6 is 0 Å². The van der Waals surface area contributed by atoms with Crippen molar-refractivity contribution in [3.05, 3.63) is 12.7 Å². The van der Waals surface area contributed by atoms with E-state index in [4.69, 9.17) is 5.11 Å². The van der Waals surface area contributed by atoms with Gasteiger partial charge in [0.25, 0.3) is 5.91 Å². The molecule has 0 aromatic rings. The van der Waals surface area contributed by atoms with Crippen molar-refractivity contribution in [2.75, 3.05) is 19.7 Å². The van der Waals surface area contributed by atoms with Crippen LogP contribution in [0.3, 0.4) is 0 Å². The lowest BCUT2D eigenvalue weighted by Crippen LogP contribution is -2.43. The van der Waals surface area contributed by atoms with Crippen LogP contribution in [0.4, 0.5) is 0 Å². The van der Waals surface area contributed by atoms with Crippen LogP contribution in [0.5, 0.6) is 0 Å². The van der Waals surface area contributed by atoms with Crippen molar-refractivity contribution in [2.45, 2.75) is 6.92 Å². The molecule has 0 aliphatic carbocycles. The quantitative estimate of drug-likeness (QED) is 0.419. The van der Waals surface area contributed by atoms with Gasteiger partial charge in [0.2, 0.25) is 0 Å². The van der Waals surface area contributed by atoms with E-state index in [1.165, 1.54) is 11.1 Å². The number of aliphatic hydroxyl groups excluding tert-OH is 1. The number of carbonyl (C=O) groups is 1. The first-order valence-electron chi connectivity index (χ1n) is 3.54. The van der Waals surface area contributed by atoms with Crippen LogP contribution < -0.4 is 5.43 Å². The van der Waals surface area contributed by atoms with Gasteiger partial charge in [-0.25, -0.2) is 5.43 Å². The Labute approximate surface area is 66.5 Å². The molecule has 11 heavy (non-hydrogen) atoms. The molecule has 0 bridgehead atoms. The Bertz CT molecular complexity index is 136. The van der Waals surface area contributed by atoms with Crippen LogP contribution in [0.1, 0.15) is 6.92 Å². The highest BCUT2D eigenvalue weighted by molar-refractivity contribution is 5.86. The number of hydrogen-bond donors (Lipinski definition) is 2. The van der Waals surface area contributed by atoms with E-state index < -0.39 is 0 Å². The van der Waals surface area contributed by atoms with Crippen LogP contribution in [0, 0.1) is 0 Å². The summed E-state index contributed by atoms with van der Waals surface area (Å²) in [7, 11) is 0. The van der Waals surface area contributed by atoms with Crippen molar-refractivity contribution in [1.82, 2.24) is 10.4 Å². The maximum atomic E-state index is 10.9. The fraction of sp³-hybridized carbons (Fsp3) is 0.571. The van der Waals surface area contributed by atoms with E-state index in [2.05, 4.69) is 12.0 Å². The third-order valence-corrected chi connectivity index (χ3v) is 1.17. The van der Waals surface area contributed by atoms with Gasteiger partial charge in [-0.1, -0.05) is 6.58 Å². The Hall–Kier alpha value is -0.870. The van der Waals surface area contributed by atoms with Gasteiger partial charge >= 0.3 is 0 Å². The minimum absolute atomic E-state index is 0.0148. The molecule has 0 spiro atoms. The van der Waals surface area contributed by atoms with Crippen molar-refractivity contribution in [3.63, 3.8) is 0 Å². The van der Waals surface area contributed by atoms with E-state index in [0.29, 0.717) is 13.1 Å². The highest BCUT2D eigenvalue weighted by Gasteiger charge is 2.04. The molecule has 0 atom stereocenters. The second kappa shape index (κ2) is 5.88. The summed E-state index contributed by atoms with van der Waals surface area (Å²) >= 11 is 0. The van der Waals surface area contributed by atoms with Crippen LogP contribution in [0.2, 0.25) is 0 Å². The molecular formula is C7H14N2O2. The Balaban J connectivity index is 3.74. The largest absolute Gasteiger partial charge is 0.395 e. The topological polar surface area (TPSA) is 52.6 Å². The minimum Gasteiger partial charge on any atom is -0.395 e. The minimum atomic E-state index is -0.180. The molecule has 0 aromatic heterocycles. The molecule has 0 saturated heterocycles. The van der Waals surface area contributed by atoms with E-state index in [-0.39, 0.29) is 12.5 Å². The zero-order valence-electron chi connectivity index (χ0n) is 6.71. The van der Waals surface area contributed by atoms with E-state index in [9.17, 15) is 4.79 Å². The zero-order chi connectivity index (χ0) is 8.69. The molecule has 0 fully saturated rings. The second-order valence-corrected chi connectivity index (χ2v) is 1.92. The lowest BCUT2D eigenvalue weighted by molar-refractivity contribution is -0.128. The maximum absolute atomic E-state index is 10.9. The van der Waals surface area contributed by atoms with Crippen LogP contribution in [0.15, 0.2) is 12.7 Å². The summed E-state index contributed by atoms with van der Waals surface area (Å²) < 4.78 is 0. The Kier molecular flexibility index (Phi) is 5.42. The SMILES string of the molecule is C=CC(=O)N(CC)NCCO. The number of carbonyl (C=O) groups excluding carboxylic acids is 1. The second-order valence-electron chi connectivity index (χ2n) is 1.92. The van der Waals surface area contributed by atoms with Gasteiger partial charge < -0.3 is 5.11 Å². The number of nitrogens with one attached hydrogen (secondary N) is 1. The molecule has 0 aromatic carbocycles. The fourth-order valence-electron chi connectivity index (χ4n) is 0.641. The average Bonchev–Trinajstić information content (AvgIpc) is 2.05. The van der Waals surface area contributed by atoms with Gasteiger partial charge in [-0.3, -0.25) is 9.80 Å². The average molecular weight is 158 g/mol. The Morgan fingerprint density at radius 3 is 2.82 bits per heavy atom. The predicted molar refractivity (Wildman–Crippen MR) is 42.7 cm³/mol. The highest BCUT2D eigenvalue weighted by atomic mass is 16.3. The van der Waals surface area contributed by atoms with Crippen LogP contribution in [0.25, 0.3) is 0 Å². The van der Waals surface area contributed by atoms with Gasteiger partial charge in [-0.15, -0.1) is 0 Å². The van der Waals surface area contributed by atoms with E-state index in [1.54, 1.807) is 0 Å². The number of likely N-dealkylation sites (N-methyl/N-ethyl adjacent to an activating group) is 1. The van der Waals surface area contributed by atoms with Gasteiger partial charge in [0.05, 0.1) is 6.61 Å². The monoisotopic (exact) mass is 158 g/mol. The lowest BCUT2D eigenvalue weighted by atomic mass is 10.5. The zero-order valence-corrected chi connectivity index (χ0v) is 6.71. The van der Waals surface area contributed by atoms with Gasteiger partial charge in [-0.05, 0) is 13.0 Å². The summed E-state index contributed by atoms with van der Waals surface area (Å²) in [5.74, 6) is -0.180. The molecule has 0 unspecified atom stereocenters. The van der Waals surface area contributed by atoms with Crippen LogP contribution in [-0.2, 0) is 4.79 Å². The lowest BCUT2D eigenvalue weighted by Gasteiger charge is -2.19. The van der Waals surface area contributed by atoms with Crippen molar-refractivity contribution in [3.8, 4) is 0 Å². The van der Waals surface area contributed by atoms with Gasteiger partial charge in [0.15, 0.2) is 0 Å². The van der Waals surface area contributed by atoms with Gasteiger partial charge in [-0.2, -0.15) is 0 Å². The molecular weight excluding hydrogens is 144 g/mol. The van der Waals surface area contributed by atoms with E-state index >= 15 is 0 Å². The Morgan fingerprint density at radius 1 is 1.82 bits per heavy atom. The molecule has 0 rings (SSSR count). The molecule has 0 radical (unpaired) electrons. The van der Waals surface area contributed by atoms with Crippen LogP contribution in [-0.4, -0.2) is 35.7 Å². The first-order valence-corrected chi connectivity index (χ1v) is 3.54. The molecule has 4 heteroatoms. The molecule has 0 aliphatic heterocycles. The molecule has 64 valence electrons. The summed E-state index contributed by atoms with van der Waals surface area (Å²) in [6.45, 7) is 6.14. The molecule has 4 nitrogen and oxygen atoms in total. The highest BCUT2D eigenvalue weighted by Crippen LogP contribution is 1.83. The molecule has 0 aliphatic rings. The maximum Gasteiger partial charge on any atom is 0.260 e. The third-order valence-electron chi connectivity index (χ3n) is 1.17. The van der Waals surface area contributed by atoms with Gasteiger partial charge in [0.1, 0.15) is 0 Å². The summed E-state index contributed by atoms with van der Waals surface area (Å²) in [5.41, 5.74) is 2.73. The predicted octanol–water partition coefficient (Wildman–Crippen LogP) is -0.482.